The lowest BCUT2D eigenvalue weighted by Crippen LogP contribution is -2.88. The predicted octanol–water partition coefficient (Wildman–Crippen LogP) is -0.404. The van der Waals surface area contributed by atoms with E-state index in [-0.39, 0.29) is 12.6 Å². The topological polar surface area (TPSA) is 98.0 Å². The van der Waals surface area contributed by atoms with E-state index in [9.17, 15) is 9.59 Å². The molecule has 18 heavy (non-hydrogen) atoms. The first-order valence-corrected chi connectivity index (χ1v) is 5.68. The van der Waals surface area contributed by atoms with Gasteiger partial charge in [-0.25, -0.2) is 14.9 Å². The third kappa shape index (κ3) is 5.31. The highest BCUT2D eigenvalue weighted by molar-refractivity contribution is 5.89. The number of imide groups is 1. The highest BCUT2D eigenvalue weighted by atomic mass is 16.5. The van der Waals surface area contributed by atoms with E-state index in [1.54, 1.807) is 0 Å². The zero-order chi connectivity index (χ0) is 13.4. The minimum atomic E-state index is -0.917. The van der Waals surface area contributed by atoms with Crippen LogP contribution in [-0.2, 0) is 11.2 Å². The van der Waals surface area contributed by atoms with Crippen molar-refractivity contribution >= 4 is 12.1 Å². The summed E-state index contributed by atoms with van der Waals surface area (Å²) in [5.74, 6) is 0. The molecule has 0 heterocycles. The largest absolute Gasteiger partial charge is 0.443 e. The molecule has 0 fully saturated rings. The minimum Gasteiger partial charge on any atom is -0.443 e. The number of quaternary nitrogens is 1. The summed E-state index contributed by atoms with van der Waals surface area (Å²) < 4.78 is 4.90. The smallest absolute Gasteiger partial charge is 0.415 e. The van der Waals surface area contributed by atoms with E-state index in [0.29, 0.717) is 0 Å². The molecule has 0 radical (unpaired) electrons. The molecule has 1 aromatic carbocycles. The number of carbonyl (C=O) groups is 2. The van der Waals surface area contributed by atoms with Crippen LogP contribution in [0.3, 0.4) is 0 Å². The van der Waals surface area contributed by atoms with Crippen LogP contribution in [0, 0.1) is 0 Å². The molecule has 1 rings (SSSR count). The number of amides is 3. The second kappa shape index (κ2) is 7.29. The number of benzene rings is 1. The summed E-state index contributed by atoms with van der Waals surface area (Å²) in [7, 11) is 1.91. The molecular weight excluding hydrogens is 234 g/mol. The summed E-state index contributed by atoms with van der Waals surface area (Å²) in [5.41, 5.74) is 5.96. The van der Waals surface area contributed by atoms with Crippen molar-refractivity contribution in [2.45, 2.75) is 12.5 Å². The fraction of sp³-hybridized carbons (Fsp3) is 0.333. The van der Waals surface area contributed by atoms with Gasteiger partial charge >= 0.3 is 12.1 Å². The molecule has 0 saturated heterocycles. The number of nitrogens with one attached hydrogen (secondary N) is 1. The number of nitrogens with two attached hydrogens (primary N) is 2. The molecule has 0 saturated carbocycles. The van der Waals surface area contributed by atoms with Crippen molar-refractivity contribution in [3.05, 3.63) is 35.9 Å². The predicted molar refractivity (Wildman–Crippen MR) is 65.9 cm³/mol. The number of alkyl carbamates (subject to hydrolysis) is 1. The molecule has 0 aliphatic heterocycles. The van der Waals surface area contributed by atoms with Gasteiger partial charge in [-0.2, -0.15) is 0 Å². The molecule has 0 aliphatic carbocycles. The number of rotatable bonds is 5. The second-order valence-electron chi connectivity index (χ2n) is 3.87. The Balaban J connectivity index is 2.38. The van der Waals surface area contributed by atoms with Gasteiger partial charge in [-0.05, 0) is 5.56 Å². The summed E-state index contributed by atoms with van der Waals surface area (Å²) in [4.78, 5) is 21.5. The maximum absolute atomic E-state index is 11.1. The highest BCUT2D eigenvalue weighted by Gasteiger charge is 2.14. The Kier molecular flexibility index (Phi) is 5.66. The van der Waals surface area contributed by atoms with Gasteiger partial charge in [-0.3, -0.25) is 0 Å². The van der Waals surface area contributed by atoms with Crippen molar-refractivity contribution in [2.24, 2.45) is 5.73 Å². The lowest BCUT2D eigenvalue weighted by atomic mass is 10.1. The average molecular weight is 252 g/mol. The van der Waals surface area contributed by atoms with Crippen LogP contribution < -0.4 is 16.4 Å². The quantitative estimate of drug-likeness (QED) is 0.664. The fourth-order valence-corrected chi connectivity index (χ4v) is 1.51. The molecule has 1 atom stereocenters. The Labute approximate surface area is 105 Å². The molecule has 3 amide bonds. The second-order valence-corrected chi connectivity index (χ2v) is 3.87. The van der Waals surface area contributed by atoms with Crippen molar-refractivity contribution < 1.29 is 19.6 Å². The Morgan fingerprint density at radius 2 is 2.06 bits per heavy atom. The van der Waals surface area contributed by atoms with E-state index in [4.69, 9.17) is 10.5 Å². The molecule has 0 aromatic heterocycles. The van der Waals surface area contributed by atoms with Crippen LogP contribution in [0.15, 0.2) is 30.3 Å². The van der Waals surface area contributed by atoms with E-state index < -0.39 is 12.1 Å². The highest BCUT2D eigenvalue weighted by Crippen LogP contribution is 2.01. The summed E-state index contributed by atoms with van der Waals surface area (Å²) in [6.45, 7) is 0.213. The first-order chi connectivity index (χ1) is 8.61. The molecule has 0 aliphatic rings. The number of likely N-dealkylation sites (N-methyl/N-ethyl adjacent to an activating group) is 1. The minimum absolute atomic E-state index is 0.103. The Morgan fingerprint density at radius 1 is 1.39 bits per heavy atom. The third-order valence-electron chi connectivity index (χ3n) is 2.47. The molecule has 0 unspecified atom stereocenters. The molecule has 98 valence electrons. The zero-order valence-electron chi connectivity index (χ0n) is 10.3. The van der Waals surface area contributed by atoms with Gasteiger partial charge in [0.25, 0.3) is 0 Å². The van der Waals surface area contributed by atoms with Gasteiger partial charge in [0.15, 0.2) is 0 Å². The maximum Gasteiger partial charge on any atom is 0.415 e. The van der Waals surface area contributed by atoms with E-state index in [1.165, 1.54) is 5.56 Å². The number of urea groups is 1. The maximum atomic E-state index is 11.1. The van der Waals surface area contributed by atoms with E-state index >= 15 is 0 Å². The third-order valence-corrected chi connectivity index (χ3v) is 2.47. The van der Waals surface area contributed by atoms with Crippen molar-refractivity contribution in [1.29, 1.82) is 0 Å². The van der Waals surface area contributed by atoms with Crippen LogP contribution in [0.25, 0.3) is 0 Å². The Bertz CT molecular complexity index is 395. The number of primary amides is 1. The van der Waals surface area contributed by atoms with E-state index in [1.807, 2.05) is 48.0 Å². The van der Waals surface area contributed by atoms with Crippen LogP contribution in [0.1, 0.15) is 5.56 Å². The number of ether oxygens (including phenoxy) is 1. The lowest BCUT2D eigenvalue weighted by molar-refractivity contribution is -0.664. The Hall–Kier alpha value is -2.08. The van der Waals surface area contributed by atoms with Gasteiger partial charge in [-0.1, -0.05) is 30.3 Å². The monoisotopic (exact) mass is 252 g/mol. The SMILES string of the molecule is C[NH2+][C@@H](COC(=O)NC(N)=O)Cc1ccccc1. The van der Waals surface area contributed by atoms with Crippen molar-refractivity contribution in [2.75, 3.05) is 13.7 Å². The molecule has 6 heteroatoms. The first kappa shape index (κ1) is 14.0. The normalized spacial score (nSPS) is 11.6. The lowest BCUT2D eigenvalue weighted by Gasteiger charge is -2.13. The molecule has 0 bridgehead atoms. The first-order valence-electron chi connectivity index (χ1n) is 5.68. The molecule has 6 nitrogen and oxygen atoms in total. The number of carbonyl (C=O) groups excluding carboxylic acids is 2. The van der Waals surface area contributed by atoms with Crippen molar-refractivity contribution in [3.8, 4) is 0 Å². The molecule has 0 spiro atoms. The van der Waals surface area contributed by atoms with Crippen molar-refractivity contribution in [1.82, 2.24) is 5.32 Å². The summed E-state index contributed by atoms with van der Waals surface area (Å²) in [6, 6.07) is 9.09. The van der Waals surface area contributed by atoms with Gasteiger partial charge in [0.05, 0.1) is 7.05 Å². The fourth-order valence-electron chi connectivity index (χ4n) is 1.51. The summed E-state index contributed by atoms with van der Waals surface area (Å²) in [6.07, 6.45) is -0.0383. The van der Waals surface area contributed by atoms with Gasteiger partial charge in [0.1, 0.15) is 12.6 Å². The zero-order valence-corrected chi connectivity index (χ0v) is 10.3. The molecule has 1 aromatic rings. The van der Waals surface area contributed by atoms with Crippen LogP contribution in [-0.4, -0.2) is 31.8 Å². The van der Waals surface area contributed by atoms with Crippen LogP contribution in [0.5, 0.6) is 0 Å². The standard InChI is InChI=1S/C12H17N3O3/c1-14-10(7-9-5-3-2-4-6-9)8-18-12(17)15-11(13)16/h2-6,10,14H,7-8H2,1H3,(H3,13,15,16,17)/p+1/t10-/m1/s1. The van der Waals surface area contributed by atoms with Crippen LogP contribution >= 0.6 is 0 Å². The van der Waals surface area contributed by atoms with E-state index in [2.05, 4.69) is 0 Å². The average Bonchev–Trinajstić information content (AvgIpc) is 2.35. The van der Waals surface area contributed by atoms with Crippen molar-refractivity contribution in [3.63, 3.8) is 0 Å². The summed E-state index contributed by atoms with van der Waals surface area (Å²) in [5, 5.41) is 3.81. The van der Waals surface area contributed by atoms with Crippen LogP contribution in [0.4, 0.5) is 9.59 Å². The van der Waals surface area contributed by atoms with Gasteiger partial charge < -0.3 is 15.8 Å². The molecular formula is C12H18N3O3+. The van der Waals surface area contributed by atoms with Crippen LogP contribution in [0.2, 0.25) is 0 Å². The Morgan fingerprint density at radius 3 is 2.61 bits per heavy atom. The molecule has 5 N–H and O–H groups in total. The summed E-state index contributed by atoms with van der Waals surface area (Å²) >= 11 is 0. The number of hydrogen-bond acceptors (Lipinski definition) is 3. The van der Waals surface area contributed by atoms with Gasteiger partial charge in [0, 0.05) is 6.42 Å². The number of hydrogen-bond donors (Lipinski definition) is 3. The van der Waals surface area contributed by atoms with Gasteiger partial charge in [0.2, 0.25) is 0 Å². The van der Waals surface area contributed by atoms with E-state index in [0.717, 1.165) is 6.42 Å². The van der Waals surface area contributed by atoms with Gasteiger partial charge in [-0.15, -0.1) is 0 Å².